The smallest absolute Gasteiger partial charge is 0.330 e. The maximum absolute atomic E-state index is 11.1. The Bertz CT molecular complexity index is 215. The first kappa shape index (κ1) is 11.2. The molecule has 2 unspecified atom stereocenters. The fourth-order valence-corrected chi connectivity index (χ4v) is 3.30. The number of nitrogens with two attached hydrogens (primary N) is 1. The van der Waals surface area contributed by atoms with Crippen LogP contribution in [0.25, 0.3) is 0 Å². The van der Waals surface area contributed by atoms with Crippen molar-refractivity contribution in [2.24, 2.45) is 17.6 Å². The number of rotatable bonds is 3. The standard InChI is InChI=1S/C8H18NO3P/c1-6-2-3-7(4-6)8(5-9)13(10,11)12/h6-8H,2-5,9H2,1H3,(H2,10,11,12)/t6?,7?,8-/m1/s1. The van der Waals surface area contributed by atoms with Crippen molar-refractivity contribution >= 4 is 7.60 Å². The van der Waals surface area contributed by atoms with Gasteiger partial charge in [0.15, 0.2) is 0 Å². The highest BCUT2D eigenvalue weighted by atomic mass is 31.2. The van der Waals surface area contributed by atoms with Crippen molar-refractivity contribution in [2.75, 3.05) is 6.54 Å². The summed E-state index contributed by atoms with van der Waals surface area (Å²) in [5.41, 5.74) is 4.78. The van der Waals surface area contributed by atoms with Crippen molar-refractivity contribution in [1.29, 1.82) is 0 Å². The van der Waals surface area contributed by atoms with Gasteiger partial charge in [0, 0.05) is 6.54 Å². The third-order valence-electron chi connectivity index (χ3n) is 2.95. The van der Waals surface area contributed by atoms with Crippen LogP contribution in [-0.4, -0.2) is 22.0 Å². The van der Waals surface area contributed by atoms with Gasteiger partial charge in [-0.05, 0) is 24.7 Å². The van der Waals surface area contributed by atoms with Gasteiger partial charge in [0.2, 0.25) is 0 Å². The molecule has 4 N–H and O–H groups in total. The maximum atomic E-state index is 11.1. The van der Waals surface area contributed by atoms with Crippen LogP contribution in [0.3, 0.4) is 0 Å². The lowest BCUT2D eigenvalue weighted by Gasteiger charge is -2.22. The van der Waals surface area contributed by atoms with E-state index in [4.69, 9.17) is 15.5 Å². The first-order valence-electron chi connectivity index (χ1n) is 4.70. The lowest BCUT2D eigenvalue weighted by Crippen LogP contribution is -2.27. The molecule has 0 spiro atoms. The van der Waals surface area contributed by atoms with E-state index in [9.17, 15) is 4.57 Å². The van der Waals surface area contributed by atoms with Gasteiger partial charge in [-0.15, -0.1) is 0 Å². The Kier molecular flexibility index (Phi) is 3.52. The maximum Gasteiger partial charge on any atom is 0.330 e. The summed E-state index contributed by atoms with van der Waals surface area (Å²) in [4.78, 5) is 18.1. The van der Waals surface area contributed by atoms with E-state index in [2.05, 4.69) is 6.92 Å². The zero-order chi connectivity index (χ0) is 10.1. The molecule has 1 saturated carbocycles. The molecule has 1 aliphatic rings. The molecule has 0 heterocycles. The van der Waals surface area contributed by atoms with E-state index in [0.29, 0.717) is 5.92 Å². The van der Waals surface area contributed by atoms with Gasteiger partial charge in [0.1, 0.15) is 0 Å². The molecular formula is C8H18NO3P. The predicted octanol–water partition coefficient (Wildman–Crippen LogP) is 0.928. The van der Waals surface area contributed by atoms with Gasteiger partial charge < -0.3 is 15.5 Å². The highest BCUT2D eigenvalue weighted by Crippen LogP contribution is 2.49. The normalized spacial score (nSPS) is 32.0. The van der Waals surface area contributed by atoms with Crippen molar-refractivity contribution in [1.82, 2.24) is 0 Å². The second-order valence-corrected chi connectivity index (χ2v) is 5.91. The van der Waals surface area contributed by atoms with Gasteiger partial charge in [-0.2, -0.15) is 0 Å². The second-order valence-electron chi connectivity index (χ2n) is 4.07. The van der Waals surface area contributed by atoms with Crippen LogP contribution in [0.1, 0.15) is 26.2 Å². The molecule has 0 aromatic carbocycles. The molecule has 3 atom stereocenters. The van der Waals surface area contributed by atoms with Gasteiger partial charge in [-0.1, -0.05) is 13.3 Å². The minimum absolute atomic E-state index is 0.0989. The molecule has 0 radical (unpaired) electrons. The van der Waals surface area contributed by atoms with Crippen LogP contribution in [0.5, 0.6) is 0 Å². The van der Waals surface area contributed by atoms with Crippen molar-refractivity contribution in [3.05, 3.63) is 0 Å². The van der Waals surface area contributed by atoms with Gasteiger partial charge >= 0.3 is 7.60 Å². The summed E-state index contributed by atoms with van der Waals surface area (Å²) in [5.74, 6) is 0.714. The lowest BCUT2D eigenvalue weighted by atomic mass is 10.0. The summed E-state index contributed by atoms with van der Waals surface area (Å²) in [7, 11) is -3.98. The summed E-state index contributed by atoms with van der Waals surface area (Å²) < 4.78 is 11.1. The first-order valence-corrected chi connectivity index (χ1v) is 6.38. The van der Waals surface area contributed by atoms with Crippen LogP contribution >= 0.6 is 7.60 Å². The SMILES string of the molecule is CC1CCC([C@@H](CN)P(=O)(O)O)C1. The largest absolute Gasteiger partial charge is 0.330 e. The van der Waals surface area contributed by atoms with E-state index in [-0.39, 0.29) is 12.5 Å². The molecule has 0 saturated heterocycles. The molecular weight excluding hydrogens is 189 g/mol. The zero-order valence-electron chi connectivity index (χ0n) is 7.89. The molecule has 1 rings (SSSR count). The molecule has 13 heavy (non-hydrogen) atoms. The number of hydrogen-bond donors (Lipinski definition) is 3. The van der Waals surface area contributed by atoms with E-state index < -0.39 is 13.3 Å². The van der Waals surface area contributed by atoms with E-state index in [1.165, 1.54) is 0 Å². The number of hydrogen-bond acceptors (Lipinski definition) is 2. The van der Waals surface area contributed by atoms with Crippen LogP contribution < -0.4 is 5.73 Å². The van der Waals surface area contributed by atoms with Crippen LogP contribution in [0.4, 0.5) is 0 Å². The van der Waals surface area contributed by atoms with Crippen LogP contribution in [-0.2, 0) is 4.57 Å². The summed E-state index contributed by atoms with van der Waals surface area (Å²) in [6.07, 6.45) is 2.89. The average Bonchev–Trinajstić information content (AvgIpc) is 2.34. The van der Waals surface area contributed by atoms with E-state index in [1.807, 2.05) is 0 Å². The lowest BCUT2D eigenvalue weighted by molar-refractivity contribution is 0.332. The Balaban J connectivity index is 2.63. The predicted molar refractivity (Wildman–Crippen MR) is 51.4 cm³/mol. The summed E-state index contributed by atoms with van der Waals surface area (Å²) >= 11 is 0. The molecule has 0 amide bonds. The van der Waals surface area contributed by atoms with Gasteiger partial charge in [-0.25, -0.2) is 0 Å². The molecule has 1 fully saturated rings. The molecule has 1 aliphatic carbocycles. The molecule has 78 valence electrons. The topological polar surface area (TPSA) is 83.6 Å². The van der Waals surface area contributed by atoms with E-state index in [0.717, 1.165) is 19.3 Å². The Hall–Kier alpha value is 0.110. The van der Waals surface area contributed by atoms with E-state index in [1.54, 1.807) is 0 Å². The van der Waals surface area contributed by atoms with Gasteiger partial charge in [-0.3, -0.25) is 4.57 Å². The first-order chi connectivity index (χ1) is 5.95. The molecule has 0 aromatic heterocycles. The fourth-order valence-electron chi connectivity index (χ4n) is 2.20. The highest BCUT2D eigenvalue weighted by Gasteiger charge is 2.38. The zero-order valence-corrected chi connectivity index (χ0v) is 8.78. The van der Waals surface area contributed by atoms with Gasteiger partial charge in [0.05, 0.1) is 5.66 Å². The van der Waals surface area contributed by atoms with E-state index >= 15 is 0 Å². The second kappa shape index (κ2) is 4.09. The van der Waals surface area contributed by atoms with Crippen LogP contribution in [0, 0.1) is 11.8 Å². The molecule has 0 aliphatic heterocycles. The Morgan fingerprint density at radius 1 is 1.54 bits per heavy atom. The van der Waals surface area contributed by atoms with Crippen molar-refractivity contribution in [2.45, 2.75) is 31.8 Å². The summed E-state index contributed by atoms with van der Waals surface area (Å²) in [5, 5.41) is 0. The van der Waals surface area contributed by atoms with Crippen LogP contribution in [0.15, 0.2) is 0 Å². The minimum atomic E-state index is -3.98. The third kappa shape index (κ3) is 2.78. The Morgan fingerprint density at radius 2 is 2.15 bits per heavy atom. The van der Waals surface area contributed by atoms with Crippen molar-refractivity contribution in [3.63, 3.8) is 0 Å². The van der Waals surface area contributed by atoms with Crippen LogP contribution in [0.2, 0.25) is 0 Å². The summed E-state index contributed by atoms with van der Waals surface area (Å²) in [6.45, 7) is 2.22. The van der Waals surface area contributed by atoms with Gasteiger partial charge in [0.25, 0.3) is 0 Å². The Labute approximate surface area is 78.7 Å². The molecule has 0 bridgehead atoms. The molecule has 4 nitrogen and oxygen atoms in total. The van der Waals surface area contributed by atoms with Crippen molar-refractivity contribution in [3.8, 4) is 0 Å². The summed E-state index contributed by atoms with van der Waals surface area (Å²) in [6, 6.07) is 0. The fraction of sp³-hybridized carbons (Fsp3) is 1.00. The molecule has 5 heteroatoms. The van der Waals surface area contributed by atoms with Crippen molar-refractivity contribution < 1.29 is 14.4 Å². The third-order valence-corrected chi connectivity index (χ3v) is 4.45. The molecule has 0 aromatic rings. The Morgan fingerprint density at radius 3 is 2.46 bits per heavy atom. The quantitative estimate of drug-likeness (QED) is 0.601. The monoisotopic (exact) mass is 207 g/mol. The average molecular weight is 207 g/mol. The minimum Gasteiger partial charge on any atom is -0.330 e. The highest BCUT2D eigenvalue weighted by molar-refractivity contribution is 7.52.